The molecule has 0 aliphatic carbocycles. The molecule has 0 spiro atoms. The topological polar surface area (TPSA) is 67.8 Å². The van der Waals surface area contributed by atoms with Crippen molar-refractivity contribution in [3.05, 3.63) is 58.9 Å². The smallest absolute Gasteiger partial charge is 0.191 e. The standard InChI is InChI=1S/C23H34N4O2.HI/c1-5-25-23(26-12-10-20-9-11-24-16-19(20)3)27-17-21-8-7-18(2)15-22(21)29-14-6-13-28-4;/h7-9,11,15-16H,5-6,10,12-14,17H2,1-4H3,(H2,25,26,27);1H. The maximum Gasteiger partial charge on any atom is 0.191 e. The second-order valence-electron chi connectivity index (χ2n) is 6.98. The number of aromatic nitrogens is 1. The molecule has 0 saturated heterocycles. The Morgan fingerprint density at radius 3 is 2.67 bits per heavy atom. The summed E-state index contributed by atoms with van der Waals surface area (Å²) >= 11 is 0. The van der Waals surface area contributed by atoms with Crippen LogP contribution in [-0.4, -0.2) is 44.4 Å². The van der Waals surface area contributed by atoms with E-state index in [-0.39, 0.29) is 24.0 Å². The third-order valence-corrected chi connectivity index (χ3v) is 4.55. The summed E-state index contributed by atoms with van der Waals surface area (Å²) in [5, 5.41) is 6.73. The molecule has 2 rings (SSSR count). The molecule has 7 heteroatoms. The van der Waals surface area contributed by atoms with Crippen molar-refractivity contribution in [2.24, 2.45) is 4.99 Å². The fraction of sp³-hybridized carbons (Fsp3) is 0.478. The fourth-order valence-corrected chi connectivity index (χ4v) is 2.92. The van der Waals surface area contributed by atoms with E-state index in [1.165, 1.54) is 16.7 Å². The molecule has 1 heterocycles. The van der Waals surface area contributed by atoms with E-state index in [1.807, 2.05) is 12.4 Å². The molecule has 2 aromatic rings. The lowest BCUT2D eigenvalue weighted by molar-refractivity contribution is 0.172. The molecular formula is C23H35IN4O2. The van der Waals surface area contributed by atoms with Crippen LogP contribution in [0, 0.1) is 13.8 Å². The molecule has 30 heavy (non-hydrogen) atoms. The third kappa shape index (κ3) is 9.30. The van der Waals surface area contributed by atoms with Crippen LogP contribution in [0.1, 0.15) is 35.6 Å². The Morgan fingerprint density at radius 1 is 1.10 bits per heavy atom. The molecule has 0 bridgehead atoms. The van der Waals surface area contributed by atoms with Crippen molar-refractivity contribution >= 4 is 29.9 Å². The van der Waals surface area contributed by atoms with Crippen LogP contribution in [0.3, 0.4) is 0 Å². The van der Waals surface area contributed by atoms with Gasteiger partial charge in [0.05, 0.1) is 13.2 Å². The molecule has 1 aromatic carbocycles. The van der Waals surface area contributed by atoms with Gasteiger partial charge < -0.3 is 20.1 Å². The number of hydrogen-bond donors (Lipinski definition) is 2. The van der Waals surface area contributed by atoms with Crippen LogP contribution in [0.25, 0.3) is 0 Å². The second kappa shape index (κ2) is 15.0. The van der Waals surface area contributed by atoms with Gasteiger partial charge in [-0.25, -0.2) is 4.99 Å². The van der Waals surface area contributed by atoms with Gasteiger partial charge in [-0.3, -0.25) is 4.98 Å². The number of aliphatic imine (C=N–C) groups is 1. The molecule has 0 saturated carbocycles. The molecule has 0 unspecified atom stereocenters. The van der Waals surface area contributed by atoms with Gasteiger partial charge in [-0.15, -0.1) is 24.0 Å². The lowest BCUT2D eigenvalue weighted by Gasteiger charge is -2.14. The zero-order valence-corrected chi connectivity index (χ0v) is 20.9. The average Bonchev–Trinajstić information content (AvgIpc) is 2.72. The fourth-order valence-electron chi connectivity index (χ4n) is 2.92. The maximum absolute atomic E-state index is 5.97. The van der Waals surface area contributed by atoms with Crippen LogP contribution >= 0.6 is 24.0 Å². The molecule has 0 aliphatic rings. The molecule has 6 nitrogen and oxygen atoms in total. The van der Waals surface area contributed by atoms with E-state index in [2.05, 4.69) is 60.7 Å². The SMILES string of the molecule is CCNC(=NCc1ccc(C)cc1OCCCOC)NCCc1ccncc1C.I. The number of ether oxygens (including phenoxy) is 2. The highest BCUT2D eigenvalue weighted by Gasteiger charge is 2.06. The Bertz CT molecular complexity index is 784. The molecule has 0 aliphatic heterocycles. The monoisotopic (exact) mass is 526 g/mol. The van der Waals surface area contributed by atoms with Gasteiger partial charge in [0, 0.05) is 51.2 Å². The van der Waals surface area contributed by atoms with Crippen molar-refractivity contribution in [1.82, 2.24) is 15.6 Å². The first kappa shape index (κ1) is 26.2. The van der Waals surface area contributed by atoms with Crippen LogP contribution in [0.15, 0.2) is 41.7 Å². The zero-order valence-electron chi connectivity index (χ0n) is 18.5. The third-order valence-electron chi connectivity index (χ3n) is 4.55. The minimum absolute atomic E-state index is 0. The molecule has 166 valence electrons. The van der Waals surface area contributed by atoms with Gasteiger partial charge >= 0.3 is 0 Å². The highest BCUT2D eigenvalue weighted by atomic mass is 127. The molecule has 0 fully saturated rings. The lowest BCUT2D eigenvalue weighted by atomic mass is 10.1. The normalized spacial score (nSPS) is 11.0. The van der Waals surface area contributed by atoms with E-state index in [9.17, 15) is 0 Å². The quantitative estimate of drug-likeness (QED) is 0.200. The number of nitrogens with zero attached hydrogens (tertiary/aromatic N) is 2. The van der Waals surface area contributed by atoms with Crippen LogP contribution in [0.5, 0.6) is 5.75 Å². The number of halogens is 1. The van der Waals surface area contributed by atoms with E-state index in [0.717, 1.165) is 43.2 Å². The Kier molecular flexibility index (Phi) is 13.1. The Labute approximate surface area is 197 Å². The van der Waals surface area contributed by atoms with Gasteiger partial charge in [-0.2, -0.15) is 0 Å². The van der Waals surface area contributed by atoms with Crippen molar-refractivity contribution in [2.75, 3.05) is 33.4 Å². The largest absolute Gasteiger partial charge is 0.493 e. The number of aryl methyl sites for hydroxylation is 2. The van der Waals surface area contributed by atoms with Crippen LogP contribution in [0.2, 0.25) is 0 Å². The molecule has 2 N–H and O–H groups in total. The average molecular weight is 526 g/mol. The number of pyridine rings is 1. The number of guanidine groups is 1. The highest BCUT2D eigenvalue weighted by Crippen LogP contribution is 2.21. The van der Waals surface area contributed by atoms with E-state index in [0.29, 0.717) is 19.8 Å². The van der Waals surface area contributed by atoms with E-state index in [1.54, 1.807) is 7.11 Å². The molecule has 0 radical (unpaired) electrons. The summed E-state index contributed by atoms with van der Waals surface area (Å²) in [5.41, 5.74) is 4.77. The lowest BCUT2D eigenvalue weighted by Crippen LogP contribution is -2.38. The van der Waals surface area contributed by atoms with Gasteiger partial charge in [-0.1, -0.05) is 12.1 Å². The summed E-state index contributed by atoms with van der Waals surface area (Å²) in [6.45, 7) is 9.75. The van der Waals surface area contributed by atoms with Crippen LogP contribution in [-0.2, 0) is 17.7 Å². The van der Waals surface area contributed by atoms with Crippen molar-refractivity contribution in [2.45, 2.75) is 40.2 Å². The van der Waals surface area contributed by atoms with Gasteiger partial charge in [0.15, 0.2) is 5.96 Å². The second-order valence-corrected chi connectivity index (χ2v) is 6.98. The minimum Gasteiger partial charge on any atom is -0.493 e. The predicted molar refractivity (Wildman–Crippen MR) is 134 cm³/mol. The van der Waals surface area contributed by atoms with Crippen molar-refractivity contribution in [3.8, 4) is 5.75 Å². The van der Waals surface area contributed by atoms with Gasteiger partial charge in [-0.05, 0) is 56.0 Å². The van der Waals surface area contributed by atoms with E-state index >= 15 is 0 Å². The van der Waals surface area contributed by atoms with E-state index < -0.39 is 0 Å². The summed E-state index contributed by atoms with van der Waals surface area (Å²) < 4.78 is 11.1. The number of nitrogens with one attached hydrogen (secondary N) is 2. The zero-order chi connectivity index (χ0) is 20.9. The Hall–Kier alpha value is -1.87. The molecule has 0 amide bonds. The van der Waals surface area contributed by atoms with Crippen molar-refractivity contribution < 1.29 is 9.47 Å². The summed E-state index contributed by atoms with van der Waals surface area (Å²) in [5.74, 6) is 1.71. The molecular weight excluding hydrogens is 491 g/mol. The first-order valence-corrected chi connectivity index (χ1v) is 10.3. The summed E-state index contributed by atoms with van der Waals surface area (Å²) in [7, 11) is 1.71. The number of hydrogen-bond acceptors (Lipinski definition) is 4. The van der Waals surface area contributed by atoms with Gasteiger partial charge in [0.2, 0.25) is 0 Å². The number of methoxy groups -OCH3 is 1. The maximum atomic E-state index is 5.97. The molecule has 1 aromatic heterocycles. The first-order valence-electron chi connectivity index (χ1n) is 10.3. The van der Waals surface area contributed by atoms with Crippen molar-refractivity contribution in [1.29, 1.82) is 0 Å². The summed E-state index contributed by atoms with van der Waals surface area (Å²) in [6.07, 6.45) is 5.54. The van der Waals surface area contributed by atoms with Crippen molar-refractivity contribution in [3.63, 3.8) is 0 Å². The highest BCUT2D eigenvalue weighted by molar-refractivity contribution is 14.0. The molecule has 0 atom stereocenters. The number of benzene rings is 1. The minimum atomic E-state index is 0. The summed E-state index contributed by atoms with van der Waals surface area (Å²) in [6, 6.07) is 8.33. The van der Waals surface area contributed by atoms with Crippen LogP contribution < -0.4 is 15.4 Å². The van der Waals surface area contributed by atoms with Crippen LogP contribution in [0.4, 0.5) is 0 Å². The van der Waals surface area contributed by atoms with Gasteiger partial charge in [0.25, 0.3) is 0 Å². The summed E-state index contributed by atoms with van der Waals surface area (Å²) in [4.78, 5) is 8.90. The van der Waals surface area contributed by atoms with E-state index in [4.69, 9.17) is 14.5 Å². The first-order chi connectivity index (χ1) is 14.1. The van der Waals surface area contributed by atoms with Gasteiger partial charge in [0.1, 0.15) is 5.75 Å². The predicted octanol–water partition coefficient (Wildman–Crippen LogP) is 4.03. The Morgan fingerprint density at radius 2 is 1.93 bits per heavy atom. The Balaban J connectivity index is 0.00000450. The number of rotatable bonds is 11.